The number of urea groups is 1. The predicted molar refractivity (Wildman–Crippen MR) is 86.7 cm³/mol. The molecule has 0 unspecified atom stereocenters. The van der Waals surface area contributed by atoms with E-state index in [1.54, 1.807) is 11.8 Å². The van der Waals surface area contributed by atoms with E-state index in [0.717, 1.165) is 24.5 Å². The Labute approximate surface area is 131 Å². The molecule has 3 N–H and O–H groups in total. The summed E-state index contributed by atoms with van der Waals surface area (Å²) in [5.41, 5.74) is 0. The summed E-state index contributed by atoms with van der Waals surface area (Å²) in [6.07, 6.45) is 8.43. The smallest absolute Gasteiger partial charge is 0.326 e. The number of aliphatic carboxylic acids is 1. The van der Waals surface area contributed by atoms with E-state index < -0.39 is 12.0 Å². The van der Waals surface area contributed by atoms with E-state index in [-0.39, 0.29) is 6.03 Å². The number of nitrogens with one attached hydrogen (secondary N) is 2. The van der Waals surface area contributed by atoms with Crippen LogP contribution in [0.1, 0.15) is 45.4 Å². The summed E-state index contributed by atoms with van der Waals surface area (Å²) in [6.45, 7) is 2.88. The number of carboxylic acid groups (broad SMARTS) is 1. The summed E-state index contributed by atoms with van der Waals surface area (Å²) in [7, 11) is 0. The molecule has 6 heteroatoms. The van der Waals surface area contributed by atoms with Crippen LogP contribution in [0.4, 0.5) is 4.79 Å². The first-order valence-corrected chi connectivity index (χ1v) is 9.22. The zero-order chi connectivity index (χ0) is 15.7. The Balaban J connectivity index is 2.25. The molecule has 122 valence electrons. The summed E-state index contributed by atoms with van der Waals surface area (Å²) < 4.78 is 0. The van der Waals surface area contributed by atoms with Crippen LogP contribution in [0.5, 0.6) is 0 Å². The van der Waals surface area contributed by atoms with Crippen LogP contribution in [-0.4, -0.2) is 41.7 Å². The molecule has 0 heterocycles. The Kier molecular flexibility index (Phi) is 8.57. The summed E-state index contributed by atoms with van der Waals surface area (Å²) in [5, 5.41) is 14.4. The van der Waals surface area contributed by atoms with Gasteiger partial charge in [0.05, 0.1) is 0 Å². The first-order chi connectivity index (χ1) is 10.1. The molecule has 1 rings (SSSR count). The van der Waals surface area contributed by atoms with Crippen molar-refractivity contribution in [1.29, 1.82) is 0 Å². The molecule has 1 atom stereocenters. The molecule has 0 bridgehead atoms. The van der Waals surface area contributed by atoms with Crippen LogP contribution in [0, 0.1) is 11.8 Å². The zero-order valence-electron chi connectivity index (χ0n) is 13.1. The topological polar surface area (TPSA) is 78.4 Å². The van der Waals surface area contributed by atoms with Crippen molar-refractivity contribution in [3.63, 3.8) is 0 Å². The molecule has 2 amide bonds. The Morgan fingerprint density at radius 3 is 2.38 bits per heavy atom. The fourth-order valence-corrected chi connectivity index (χ4v) is 3.25. The van der Waals surface area contributed by atoms with Gasteiger partial charge in [-0.3, -0.25) is 0 Å². The lowest BCUT2D eigenvalue weighted by atomic mass is 9.81. The predicted octanol–water partition coefficient (Wildman–Crippen LogP) is 2.71. The Morgan fingerprint density at radius 1 is 1.24 bits per heavy atom. The van der Waals surface area contributed by atoms with Crippen LogP contribution in [0.15, 0.2) is 0 Å². The van der Waals surface area contributed by atoms with E-state index in [1.165, 1.54) is 19.3 Å². The summed E-state index contributed by atoms with van der Waals surface area (Å²) in [6, 6.07) is -1.16. The third-order valence-corrected chi connectivity index (χ3v) is 4.95. The van der Waals surface area contributed by atoms with Gasteiger partial charge in [-0.05, 0) is 43.1 Å². The monoisotopic (exact) mass is 316 g/mol. The molecule has 0 spiro atoms. The van der Waals surface area contributed by atoms with E-state index >= 15 is 0 Å². The maximum Gasteiger partial charge on any atom is 0.326 e. The van der Waals surface area contributed by atoms with Crippen molar-refractivity contribution in [3.8, 4) is 0 Å². The number of thioether (sulfide) groups is 1. The van der Waals surface area contributed by atoms with E-state index in [4.69, 9.17) is 5.11 Å². The van der Waals surface area contributed by atoms with Crippen LogP contribution in [0.2, 0.25) is 0 Å². The van der Waals surface area contributed by atoms with Gasteiger partial charge in [-0.1, -0.05) is 26.2 Å². The van der Waals surface area contributed by atoms with Gasteiger partial charge in [0.25, 0.3) is 0 Å². The highest BCUT2D eigenvalue weighted by Gasteiger charge is 2.22. The third-order valence-electron chi connectivity index (χ3n) is 4.31. The number of amides is 2. The molecule has 0 saturated heterocycles. The minimum atomic E-state index is -0.970. The van der Waals surface area contributed by atoms with Gasteiger partial charge < -0.3 is 15.7 Å². The molecule has 1 saturated carbocycles. The van der Waals surface area contributed by atoms with Crippen molar-refractivity contribution >= 4 is 23.8 Å². The first-order valence-electron chi connectivity index (χ1n) is 7.82. The standard InChI is InChI=1S/C15H28N2O3S/c1-3-11-4-6-12(7-5-11)10-16-15(20)17-13(14(18)19)8-9-21-2/h11-13H,3-10H2,1-2H3,(H,18,19)(H2,16,17,20)/t11?,12?,13-/m0/s1. The highest BCUT2D eigenvalue weighted by atomic mass is 32.2. The maximum atomic E-state index is 11.8. The van der Waals surface area contributed by atoms with E-state index in [9.17, 15) is 9.59 Å². The van der Waals surface area contributed by atoms with Gasteiger partial charge in [-0.15, -0.1) is 0 Å². The summed E-state index contributed by atoms with van der Waals surface area (Å²) in [4.78, 5) is 22.9. The van der Waals surface area contributed by atoms with Gasteiger partial charge in [0.2, 0.25) is 0 Å². The van der Waals surface area contributed by atoms with Crippen LogP contribution >= 0.6 is 11.8 Å². The van der Waals surface area contributed by atoms with Crippen molar-refractivity contribution in [1.82, 2.24) is 10.6 Å². The van der Waals surface area contributed by atoms with Crippen LogP contribution in [0.25, 0.3) is 0 Å². The van der Waals surface area contributed by atoms with Crippen LogP contribution in [0.3, 0.4) is 0 Å². The Hall–Kier alpha value is -0.910. The van der Waals surface area contributed by atoms with Gasteiger partial charge >= 0.3 is 12.0 Å². The highest BCUT2D eigenvalue weighted by Crippen LogP contribution is 2.29. The Bertz CT molecular complexity index is 331. The van der Waals surface area contributed by atoms with Crippen molar-refractivity contribution in [2.24, 2.45) is 11.8 Å². The van der Waals surface area contributed by atoms with Gasteiger partial charge in [0.1, 0.15) is 6.04 Å². The minimum absolute atomic E-state index is 0.360. The molecule has 0 aromatic heterocycles. The van der Waals surface area contributed by atoms with Crippen molar-refractivity contribution in [2.45, 2.75) is 51.5 Å². The number of hydrogen-bond acceptors (Lipinski definition) is 3. The van der Waals surface area contributed by atoms with Gasteiger partial charge in [0.15, 0.2) is 0 Å². The van der Waals surface area contributed by atoms with Gasteiger partial charge in [-0.2, -0.15) is 11.8 Å². The number of rotatable bonds is 8. The number of carbonyl (C=O) groups excluding carboxylic acids is 1. The second-order valence-corrected chi connectivity index (χ2v) is 6.81. The van der Waals surface area contributed by atoms with Crippen molar-refractivity contribution < 1.29 is 14.7 Å². The van der Waals surface area contributed by atoms with Gasteiger partial charge in [0, 0.05) is 6.54 Å². The largest absolute Gasteiger partial charge is 0.480 e. The molecule has 0 radical (unpaired) electrons. The van der Waals surface area contributed by atoms with E-state index in [2.05, 4.69) is 17.6 Å². The number of hydrogen-bond donors (Lipinski definition) is 3. The van der Waals surface area contributed by atoms with Crippen molar-refractivity contribution in [3.05, 3.63) is 0 Å². The molecule has 5 nitrogen and oxygen atoms in total. The summed E-state index contributed by atoms with van der Waals surface area (Å²) >= 11 is 1.58. The summed E-state index contributed by atoms with van der Waals surface area (Å²) in [5.74, 6) is 1.13. The fourth-order valence-electron chi connectivity index (χ4n) is 2.78. The van der Waals surface area contributed by atoms with Crippen LogP contribution in [-0.2, 0) is 4.79 Å². The maximum absolute atomic E-state index is 11.8. The van der Waals surface area contributed by atoms with Crippen LogP contribution < -0.4 is 10.6 Å². The molecular weight excluding hydrogens is 288 g/mol. The molecule has 21 heavy (non-hydrogen) atoms. The lowest BCUT2D eigenvalue weighted by Crippen LogP contribution is -2.47. The SMILES string of the molecule is CCC1CCC(CNC(=O)N[C@@H](CCSC)C(=O)O)CC1. The molecular formula is C15H28N2O3S. The van der Waals surface area contributed by atoms with E-state index in [1.807, 2.05) is 6.26 Å². The Morgan fingerprint density at radius 2 is 1.86 bits per heavy atom. The fraction of sp³-hybridized carbons (Fsp3) is 0.867. The van der Waals surface area contributed by atoms with E-state index in [0.29, 0.717) is 18.9 Å². The average Bonchev–Trinajstić information content (AvgIpc) is 2.49. The quantitative estimate of drug-likeness (QED) is 0.643. The molecule has 1 fully saturated rings. The molecule has 0 aliphatic heterocycles. The lowest BCUT2D eigenvalue weighted by molar-refractivity contribution is -0.139. The number of carboxylic acids is 1. The first kappa shape index (κ1) is 18.1. The minimum Gasteiger partial charge on any atom is -0.480 e. The second-order valence-electron chi connectivity index (χ2n) is 5.82. The lowest BCUT2D eigenvalue weighted by Gasteiger charge is -2.28. The second kappa shape index (κ2) is 9.92. The highest BCUT2D eigenvalue weighted by molar-refractivity contribution is 7.98. The average molecular weight is 316 g/mol. The molecule has 0 aromatic rings. The third kappa shape index (κ3) is 7.07. The number of carbonyl (C=O) groups is 2. The molecule has 0 aromatic carbocycles. The van der Waals surface area contributed by atoms with Gasteiger partial charge in [-0.25, -0.2) is 9.59 Å². The normalized spacial score (nSPS) is 23.3. The van der Waals surface area contributed by atoms with Crippen molar-refractivity contribution in [2.75, 3.05) is 18.6 Å². The molecule has 1 aliphatic rings. The molecule has 1 aliphatic carbocycles. The zero-order valence-corrected chi connectivity index (χ0v) is 13.9.